The maximum Gasteiger partial charge on any atom is 0.318 e. The number of hydrogen-bond donors (Lipinski definition) is 0. The molecule has 3 aromatic heterocycles. The van der Waals surface area contributed by atoms with Crippen molar-refractivity contribution < 1.29 is 55.3 Å². The van der Waals surface area contributed by atoms with E-state index in [1.807, 2.05) is 46.2 Å². The van der Waals surface area contributed by atoms with E-state index in [-0.39, 0.29) is 97.5 Å². The molecule has 0 saturated carbocycles. The Morgan fingerprint density at radius 2 is 0.861 bits per heavy atom. The zero-order valence-electron chi connectivity index (χ0n) is 77.1. The van der Waals surface area contributed by atoms with Gasteiger partial charge >= 0.3 is 18.0 Å². The third-order valence-electron chi connectivity index (χ3n) is 29.4. The minimum atomic E-state index is -1.05. The highest BCUT2D eigenvalue weighted by molar-refractivity contribution is 6.37. The van der Waals surface area contributed by atoms with Crippen LogP contribution in [0.4, 0.5) is 56.5 Å². The normalized spacial score (nSPS) is 21.3. The smallest absolute Gasteiger partial charge is 0.318 e. The predicted octanol–water partition coefficient (Wildman–Crippen LogP) is 15.2. The van der Waals surface area contributed by atoms with Gasteiger partial charge in [0.05, 0.1) is 57.8 Å². The molecule has 11 aliphatic heterocycles. The summed E-state index contributed by atoms with van der Waals surface area (Å²) in [6, 6.07) is 32.5. The second-order valence-electron chi connectivity index (χ2n) is 37.6. The lowest BCUT2D eigenvalue weighted by Crippen LogP contribution is -2.57. The van der Waals surface area contributed by atoms with E-state index in [2.05, 4.69) is 125 Å². The Morgan fingerprint density at radius 1 is 0.453 bits per heavy atom. The SMILES string of the molecule is [C-]#[N+]C[C@H]1CN(c2nc(OCC34CCCN3C(=O)CC4)nc3c2CCN(c2cccc4ccc(F)c(Cl)c24)C3)CCN1C(=O)C(=C)F.[C-]#[N+]C[C@H]1CN(c2nc(OCC34CCCN3CCC4)nc3c2CCN(c2cccc4ccccc24)C3)CCN1C(=O)C(=C)F.[C-]#[N+]C[C@H]1CN(c2nc(OC[C@@H]3CCCN3C(C)C)nc3c2CCN(c2cccc4ccc(F)c(Cl)c24)C3)CCN1C(=O)C(=C)F. The molecule has 1 unspecified atom stereocenters. The summed E-state index contributed by atoms with van der Waals surface area (Å²) in [4.78, 5) is 115. The van der Waals surface area contributed by atoms with Gasteiger partial charge in [-0.3, -0.25) is 29.0 Å². The zero-order valence-corrected chi connectivity index (χ0v) is 78.6. The first-order valence-corrected chi connectivity index (χ1v) is 48.1. The van der Waals surface area contributed by atoms with Crippen LogP contribution in [0.5, 0.6) is 18.0 Å². The minimum Gasteiger partial charge on any atom is -0.462 e. The van der Waals surface area contributed by atoms with Gasteiger partial charge < -0.3 is 77.7 Å². The number of benzene rings is 6. The molecule has 0 bridgehead atoms. The van der Waals surface area contributed by atoms with Crippen molar-refractivity contribution in [2.75, 3.05) is 174 Å². The first-order valence-electron chi connectivity index (χ1n) is 47.4. The van der Waals surface area contributed by atoms with Crippen molar-refractivity contribution in [2.24, 2.45) is 0 Å². The monoisotopic (exact) mass is 1910 g/mol. The lowest BCUT2D eigenvalue weighted by Gasteiger charge is -2.41. The number of amides is 4. The van der Waals surface area contributed by atoms with Crippen LogP contribution in [0.2, 0.25) is 10.0 Å². The number of rotatable bonds is 22. The van der Waals surface area contributed by atoms with Crippen molar-refractivity contribution in [3.8, 4) is 18.0 Å². The van der Waals surface area contributed by atoms with Crippen molar-refractivity contribution in [1.82, 2.24) is 59.3 Å². The first kappa shape index (κ1) is 94.6. The molecule has 14 heterocycles. The molecule has 0 N–H and O–H groups in total. The summed E-state index contributed by atoms with van der Waals surface area (Å²) >= 11 is 13.0. The third kappa shape index (κ3) is 19.2. The number of carbonyl (C=O) groups is 4. The van der Waals surface area contributed by atoms with Crippen LogP contribution in [0, 0.1) is 31.4 Å². The molecule has 20 rings (SSSR count). The Balaban J connectivity index is 0.000000137. The van der Waals surface area contributed by atoms with Crippen LogP contribution in [0.15, 0.2) is 140 Å². The van der Waals surface area contributed by atoms with Crippen LogP contribution < -0.4 is 43.6 Å². The molecule has 6 aromatic carbocycles. The molecule has 0 spiro atoms. The molecule has 137 heavy (non-hydrogen) atoms. The molecule has 8 saturated heterocycles. The number of nitrogens with zero attached hydrogens (tertiary/aromatic N) is 21. The van der Waals surface area contributed by atoms with Crippen LogP contribution in [0.1, 0.15) is 112 Å². The van der Waals surface area contributed by atoms with E-state index in [0.29, 0.717) is 132 Å². The van der Waals surface area contributed by atoms with Gasteiger partial charge in [-0.1, -0.05) is 116 Å². The van der Waals surface area contributed by atoms with Crippen molar-refractivity contribution >= 4 is 114 Å². The topological polar surface area (TPSA) is 225 Å². The standard InChI is InChI=1S/C34H34ClF2N7O3.C34H38ClF2N7O2.C34H38FN7O2/c1-21(36)32(46)43-16-15-42(18-23(43)17-38-2)31-24-10-14-41(27-6-3-5-22-7-8-25(37)30(35)29(22)27)19-26(24)39-33(40-31)47-20-34-11-4-13-44(34)28(45)9-12-34;1-21(2)43-13-6-8-24(43)20-46-34-39-28-19-41(29-9-5-7-23-10-11-27(37)31(35)30(23)29)14-12-26(28)32(40-34)42-15-16-44(33(45)22(3)36)25(18-42)17-38-4;1-24(35)32(43)42-19-18-40(21-26(42)20-36-2)31-28-12-17-39(30-11-5-9-25-8-3-4-10-27(25)30)22-29(28)37-33(38-31)44-23-34-13-6-15-41(34)16-7-14-34/h3,5-8,23H,1,4,9-20H2;5,7,9-11,21,24-25H,3,6,8,12-20H2,1-2H3;3-5,8-11,26H,1,6-7,12-23H2/t23-,34?;24-,25-;26-/m000/s1. The van der Waals surface area contributed by atoms with E-state index in [4.69, 9.17) is 87.0 Å². The summed E-state index contributed by atoms with van der Waals surface area (Å²) in [6.45, 7) is 48.2. The van der Waals surface area contributed by atoms with Gasteiger partial charge in [0, 0.05) is 153 Å². The van der Waals surface area contributed by atoms with E-state index in [1.54, 1.807) is 12.1 Å². The highest BCUT2D eigenvalue weighted by Crippen LogP contribution is 2.46. The van der Waals surface area contributed by atoms with Gasteiger partial charge in [0.1, 0.15) is 67.0 Å². The Labute approximate surface area is 803 Å². The van der Waals surface area contributed by atoms with E-state index >= 15 is 0 Å². The molecule has 4 amide bonds. The Bertz CT molecular complexity index is 6340. The van der Waals surface area contributed by atoms with Crippen LogP contribution >= 0.6 is 23.2 Å². The number of carbonyl (C=O) groups excluding carboxylic acids is 4. The number of anilines is 6. The van der Waals surface area contributed by atoms with E-state index < -0.39 is 65.0 Å². The van der Waals surface area contributed by atoms with Crippen molar-refractivity contribution in [3.05, 3.63) is 230 Å². The summed E-state index contributed by atoms with van der Waals surface area (Å²) < 4.78 is 89.9. The average molecular weight is 1910 g/mol. The number of hydrogen-bond acceptors (Lipinski definition) is 21. The molecule has 0 aliphatic carbocycles. The second-order valence-corrected chi connectivity index (χ2v) is 38.3. The van der Waals surface area contributed by atoms with Crippen LogP contribution in [0.25, 0.3) is 46.9 Å². The number of ether oxygens (including phenoxy) is 3. The lowest BCUT2D eigenvalue weighted by molar-refractivity contribution is -0.131. The Kier molecular flexibility index (Phi) is 28.0. The molecular weight excluding hydrogens is 1800 g/mol. The first-order chi connectivity index (χ1) is 66.3. The fraction of sp³-hybridized carbons (Fsp3) is 0.461. The summed E-state index contributed by atoms with van der Waals surface area (Å²) in [6.07, 6.45) is 11.7. The molecule has 8 fully saturated rings. The highest BCUT2D eigenvalue weighted by Gasteiger charge is 2.51. The van der Waals surface area contributed by atoms with Gasteiger partial charge in [-0.05, 0) is 157 Å². The molecule has 28 nitrogen and oxygen atoms in total. The predicted molar refractivity (Wildman–Crippen MR) is 517 cm³/mol. The molecular formula is C102H110Cl2F5N21O7. The molecule has 35 heteroatoms. The fourth-order valence-electron chi connectivity index (χ4n) is 22.6. The van der Waals surface area contributed by atoms with Crippen LogP contribution in [-0.2, 0) is 58.1 Å². The number of halogens is 7. The van der Waals surface area contributed by atoms with Gasteiger partial charge in [0.2, 0.25) is 25.5 Å². The summed E-state index contributed by atoms with van der Waals surface area (Å²) in [5, 5.41) is 5.54. The number of aromatic nitrogens is 6. The van der Waals surface area contributed by atoms with Gasteiger partial charge in [-0.15, -0.1) is 0 Å². The minimum absolute atomic E-state index is 0.00468. The lowest BCUT2D eigenvalue weighted by atomic mass is 9.95. The van der Waals surface area contributed by atoms with Crippen LogP contribution in [0.3, 0.4) is 0 Å². The highest BCUT2D eigenvalue weighted by atomic mass is 35.5. The quantitative estimate of drug-likeness (QED) is 0.0349. The molecule has 0 radical (unpaired) electrons. The maximum absolute atomic E-state index is 14.6. The van der Waals surface area contributed by atoms with Gasteiger partial charge in [-0.2, -0.15) is 29.9 Å². The van der Waals surface area contributed by atoms with E-state index in [1.165, 1.54) is 56.1 Å². The van der Waals surface area contributed by atoms with E-state index in [9.17, 15) is 41.1 Å². The number of fused-ring (bicyclic) bond motifs is 8. The zero-order chi connectivity index (χ0) is 95.7. The Morgan fingerprint density at radius 3 is 1.31 bits per heavy atom. The molecule has 714 valence electrons. The Hall–Kier alpha value is -12.7. The summed E-state index contributed by atoms with van der Waals surface area (Å²) in [7, 11) is 0. The van der Waals surface area contributed by atoms with Gasteiger partial charge in [0.25, 0.3) is 17.7 Å². The number of piperazine rings is 3. The van der Waals surface area contributed by atoms with Gasteiger partial charge in [-0.25, -0.2) is 41.7 Å². The summed E-state index contributed by atoms with van der Waals surface area (Å²) in [5.41, 5.74) is 7.91. The van der Waals surface area contributed by atoms with Crippen molar-refractivity contribution in [1.29, 1.82) is 0 Å². The number of likely N-dealkylation sites (tertiary alicyclic amines) is 1. The molecule has 9 aromatic rings. The van der Waals surface area contributed by atoms with E-state index in [0.717, 1.165) is 146 Å². The third-order valence-corrected chi connectivity index (χ3v) is 30.1. The molecule has 11 aliphatic rings. The fourth-order valence-corrected chi connectivity index (χ4v) is 23.1. The second kappa shape index (κ2) is 40.5. The largest absolute Gasteiger partial charge is 0.462 e. The average Bonchev–Trinajstić information content (AvgIpc) is 1.75. The maximum atomic E-state index is 14.6. The van der Waals surface area contributed by atoms with Crippen LogP contribution in [-0.4, -0.2) is 268 Å². The van der Waals surface area contributed by atoms with Crippen molar-refractivity contribution in [2.45, 2.75) is 158 Å². The van der Waals surface area contributed by atoms with Crippen molar-refractivity contribution in [3.63, 3.8) is 0 Å². The van der Waals surface area contributed by atoms with Gasteiger partial charge in [0.15, 0.2) is 17.5 Å². The summed E-state index contributed by atoms with van der Waals surface area (Å²) in [5.74, 6) is -4.07. The molecule has 5 atom stereocenters.